The van der Waals surface area contributed by atoms with Gasteiger partial charge in [0.15, 0.2) is 5.96 Å². The zero-order valence-electron chi connectivity index (χ0n) is 15.2. The number of nitrogens with two attached hydrogens (primary N) is 3. The molecule has 29 heavy (non-hydrogen) atoms. The molecule has 1 heterocycles. The number of non-ortho nitro benzene ring substituents is 1. The Hall–Kier alpha value is -4.02. The van der Waals surface area contributed by atoms with Crippen molar-refractivity contribution in [1.29, 1.82) is 0 Å². The van der Waals surface area contributed by atoms with Crippen LogP contribution in [0.1, 0.15) is 33.6 Å². The predicted octanol–water partition coefficient (Wildman–Crippen LogP) is 0.252. The first-order valence-electron chi connectivity index (χ1n) is 8.66. The number of guanidine groups is 1. The summed E-state index contributed by atoms with van der Waals surface area (Å²) in [5.41, 5.74) is 15.8. The third kappa shape index (κ3) is 3.57. The van der Waals surface area contributed by atoms with Gasteiger partial charge in [0.1, 0.15) is 6.04 Å². The summed E-state index contributed by atoms with van der Waals surface area (Å²) >= 11 is 0. The lowest BCUT2D eigenvalue weighted by molar-refractivity contribution is -0.384. The average Bonchev–Trinajstić information content (AvgIpc) is 2.66. The predicted molar refractivity (Wildman–Crippen MR) is 104 cm³/mol. The van der Waals surface area contributed by atoms with Crippen LogP contribution in [0.3, 0.4) is 0 Å². The largest absolute Gasteiger partial charge is 0.370 e. The molecule has 3 amide bonds. The van der Waals surface area contributed by atoms with Gasteiger partial charge in [-0.25, -0.2) is 0 Å². The molecular weight excluding hydrogens is 380 g/mol. The number of hydrogen-bond acceptors (Lipinski definition) is 6. The molecular formula is C18H18N6O5. The van der Waals surface area contributed by atoms with Crippen molar-refractivity contribution in [1.82, 2.24) is 4.90 Å². The summed E-state index contributed by atoms with van der Waals surface area (Å²) in [6.07, 6.45) is 0.332. The average molecular weight is 398 g/mol. The van der Waals surface area contributed by atoms with Crippen LogP contribution in [-0.4, -0.2) is 46.1 Å². The third-order valence-corrected chi connectivity index (χ3v) is 4.64. The Kier molecular flexibility index (Phi) is 5.13. The minimum Gasteiger partial charge on any atom is -0.370 e. The molecule has 0 unspecified atom stereocenters. The number of carbonyl (C=O) groups is 3. The van der Waals surface area contributed by atoms with Gasteiger partial charge in [0.25, 0.3) is 17.5 Å². The second-order valence-corrected chi connectivity index (χ2v) is 6.50. The molecule has 2 aromatic rings. The lowest BCUT2D eigenvalue weighted by Crippen LogP contribution is -2.52. The molecule has 0 radical (unpaired) electrons. The Bertz CT molecular complexity index is 1080. The summed E-state index contributed by atoms with van der Waals surface area (Å²) in [7, 11) is 0. The van der Waals surface area contributed by atoms with E-state index in [4.69, 9.17) is 17.2 Å². The van der Waals surface area contributed by atoms with Gasteiger partial charge in [0.05, 0.1) is 10.5 Å². The second kappa shape index (κ2) is 7.54. The number of benzene rings is 2. The number of aliphatic imine (C=N–C) groups is 1. The van der Waals surface area contributed by atoms with Crippen molar-refractivity contribution in [2.24, 2.45) is 22.2 Å². The van der Waals surface area contributed by atoms with E-state index in [0.29, 0.717) is 10.8 Å². The van der Waals surface area contributed by atoms with Gasteiger partial charge in [-0.1, -0.05) is 12.1 Å². The maximum atomic E-state index is 13.1. The molecule has 6 N–H and O–H groups in total. The molecule has 11 nitrogen and oxygen atoms in total. The van der Waals surface area contributed by atoms with E-state index in [2.05, 4.69) is 4.99 Å². The zero-order chi connectivity index (χ0) is 21.3. The van der Waals surface area contributed by atoms with E-state index in [1.807, 2.05) is 0 Å². The monoisotopic (exact) mass is 398 g/mol. The van der Waals surface area contributed by atoms with Gasteiger partial charge in [-0.15, -0.1) is 0 Å². The number of nitrogens with zero attached hydrogens (tertiary/aromatic N) is 3. The Balaban J connectivity index is 2.06. The van der Waals surface area contributed by atoms with Crippen LogP contribution in [0.15, 0.2) is 35.3 Å². The Morgan fingerprint density at radius 2 is 1.83 bits per heavy atom. The first-order chi connectivity index (χ1) is 13.7. The molecule has 0 aromatic heterocycles. The normalized spacial score (nSPS) is 14.0. The number of rotatable bonds is 7. The number of nitro groups is 1. The quantitative estimate of drug-likeness (QED) is 0.149. The molecule has 1 aliphatic rings. The van der Waals surface area contributed by atoms with Crippen molar-refractivity contribution >= 4 is 40.1 Å². The number of hydrogen-bond donors (Lipinski definition) is 3. The maximum absolute atomic E-state index is 13.1. The van der Waals surface area contributed by atoms with E-state index in [9.17, 15) is 24.5 Å². The van der Waals surface area contributed by atoms with E-state index in [0.717, 1.165) is 11.0 Å². The molecule has 0 fully saturated rings. The topological polar surface area (TPSA) is 188 Å². The van der Waals surface area contributed by atoms with E-state index >= 15 is 0 Å². The van der Waals surface area contributed by atoms with Gasteiger partial charge >= 0.3 is 0 Å². The van der Waals surface area contributed by atoms with Crippen LogP contribution in [0.2, 0.25) is 0 Å². The first kappa shape index (κ1) is 19.7. The Morgan fingerprint density at radius 3 is 2.45 bits per heavy atom. The molecule has 0 saturated heterocycles. The van der Waals surface area contributed by atoms with Gasteiger partial charge in [-0.3, -0.25) is 34.4 Å². The summed E-state index contributed by atoms with van der Waals surface area (Å²) in [5.74, 6) is -2.50. The molecule has 0 saturated carbocycles. The van der Waals surface area contributed by atoms with Gasteiger partial charge in [0.2, 0.25) is 5.91 Å². The van der Waals surface area contributed by atoms with Crippen molar-refractivity contribution in [3.8, 4) is 0 Å². The van der Waals surface area contributed by atoms with Gasteiger partial charge in [-0.05, 0) is 24.3 Å². The summed E-state index contributed by atoms with van der Waals surface area (Å²) in [4.78, 5) is 53.3. The van der Waals surface area contributed by atoms with Gasteiger partial charge in [0, 0.05) is 29.6 Å². The minimum atomic E-state index is -1.24. The highest BCUT2D eigenvalue weighted by molar-refractivity contribution is 6.26. The number of carbonyl (C=O) groups excluding carboxylic acids is 3. The first-order valence-corrected chi connectivity index (χ1v) is 8.66. The van der Waals surface area contributed by atoms with Crippen molar-refractivity contribution < 1.29 is 19.3 Å². The summed E-state index contributed by atoms with van der Waals surface area (Å²) < 4.78 is 0. The van der Waals surface area contributed by atoms with Crippen LogP contribution in [0, 0.1) is 10.1 Å². The molecule has 0 spiro atoms. The summed E-state index contributed by atoms with van der Waals surface area (Å²) in [6.45, 7) is 0.181. The van der Waals surface area contributed by atoms with Crippen molar-refractivity contribution in [3.63, 3.8) is 0 Å². The fourth-order valence-corrected chi connectivity index (χ4v) is 3.39. The van der Waals surface area contributed by atoms with Crippen LogP contribution in [0.4, 0.5) is 5.69 Å². The molecule has 2 aromatic carbocycles. The van der Waals surface area contributed by atoms with Crippen LogP contribution in [0.5, 0.6) is 0 Å². The maximum Gasteiger partial charge on any atom is 0.270 e. The molecule has 150 valence electrons. The molecule has 1 aliphatic heterocycles. The highest BCUT2D eigenvalue weighted by Gasteiger charge is 2.40. The lowest BCUT2D eigenvalue weighted by atomic mass is 9.92. The fourth-order valence-electron chi connectivity index (χ4n) is 3.39. The Labute approximate surface area is 164 Å². The highest BCUT2D eigenvalue weighted by Crippen LogP contribution is 2.34. The standard InChI is InChI=1S/C18H18N6O5/c19-15(25)13(5-2-6-22-18(20)21)23-16(26)11-4-1-3-9-7-10(24(28)29)8-12(14(9)11)17(23)27/h1,3-4,7-8,13H,2,5-6H2,(H2,19,25)(H4,20,21,22)/t13-/m0/s1. The van der Waals surface area contributed by atoms with E-state index in [1.165, 1.54) is 12.1 Å². The van der Waals surface area contributed by atoms with Gasteiger partial charge < -0.3 is 17.2 Å². The van der Waals surface area contributed by atoms with Crippen LogP contribution in [-0.2, 0) is 4.79 Å². The molecule has 3 rings (SSSR count). The number of amides is 3. The van der Waals surface area contributed by atoms with E-state index < -0.39 is 28.7 Å². The highest BCUT2D eigenvalue weighted by atomic mass is 16.6. The van der Waals surface area contributed by atoms with Crippen molar-refractivity contribution in [2.45, 2.75) is 18.9 Å². The van der Waals surface area contributed by atoms with E-state index in [-0.39, 0.29) is 42.2 Å². The van der Waals surface area contributed by atoms with Crippen LogP contribution >= 0.6 is 0 Å². The number of primary amides is 1. The number of imide groups is 1. The fraction of sp³-hybridized carbons (Fsp3) is 0.222. The summed E-state index contributed by atoms with van der Waals surface area (Å²) in [5, 5.41) is 11.9. The molecule has 1 atom stereocenters. The second-order valence-electron chi connectivity index (χ2n) is 6.50. The van der Waals surface area contributed by atoms with Crippen molar-refractivity contribution in [3.05, 3.63) is 51.6 Å². The molecule has 11 heteroatoms. The summed E-state index contributed by atoms with van der Waals surface area (Å²) in [6, 6.07) is 5.77. The SMILES string of the molecule is NC(=O)[C@H](CCCN=C(N)N)N1C(=O)c2cccc3cc([N+](=O)[O-])cc(c23)C1=O. The smallest absolute Gasteiger partial charge is 0.270 e. The van der Waals surface area contributed by atoms with Gasteiger partial charge in [-0.2, -0.15) is 0 Å². The Morgan fingerprint density at radius 1 is 1.14 bits per heavy atom. The minimum absolute atomic E-state index is 0.0279. The zero-order valence-corrected chi connectivity index (χ0v) is 15.2. The third-order valence-electron chi connectivity index (χ3n) is 4.64. The number of nitro benzene ring substituents is 1. The van der Waals surface area contributed by atoms with Crippen LogP contribution < -0.4 is 17.2 Å². The molecule has 0 aliphatic carbocycles. The lowest BCUT2D eigenvalue weighted by Gasteiger charge is -2.32. The van der Waals surface area contributed by atoms with Crippen molar-refractivity contribution in [2.75, 3.05) is 6.54 Å². The van der Waals surface area contributed by atoms with Crippen LogP contribution in [0.25, 0.3) is 10.8 Å². The van der Waals surface area contributed by atoms with E-state index in [1.54, 1.807) is 12.1 Å². The molecule has 0 bridgehead atoms.